The maximum absolute atomic E-state index is 14.6. The van der Waals surface area contributed by atoms with Crippen molar-refractivity contribution in [1.29, 1.82) is 0 Å². The van der Waals surface area contributed by atoms with Crippen LogP contribution in [0, 0.1) is 20.8 Å². The molecule has 0 aromatic heterocycles. The third kappa shape index (κ3) is 8.69. The number of amides is 2. The monoisotopic (exact) mass is 679 g/mol. The van der Waals surface area contributed by atoms with Gasteiger partial charge in [-0.15, -0.1) is 0 Å². The normalized spacial score (nSPS) is 12.1. The second-order valence-electron chi connectivity index (χ2n) is 11.7. The van der Waals surface area contributed by atoms with Crippen LogP contribution in [-0.2, 0) is 32.6 Å². The van der Waals surface area contributed by atoms with Crippen LogP contribution in [0.1, 0.15) is 41.7 Å². The molecule has 10 heteroatoms. The average Bonchev–Trinajstić information content (AvgIpc) is 2.99. The highest BCUT2D eigenvalue weighted by Crippen LogP contribution is 2.29. The number of nitrogens with one attached hydrogen (secondary N) is 1. The molecular weight excluding hydrogens is 641 g/mol. The molecule has 0 spiro atoms. The second kappa shape index (κ2) is 15.2. The molecule has 1 unspecified atom stereocenters. The summed E-state index contributed by atoms with van der Waals surface area (Å²) < 4.78 is 29.7. The van der Waals surface area contributed by atoms with Crippen molar-refractivity contribution in [3.8, 4) is 0 Å². The molecule has 242 valence electrons. The highest BCUT2D eigenvalue weighted by Gasteiger charge is 2.35. The summed E-state index contributed by atoms with van der Waals surface area (Å²) in [4.78, 5) is 29.9. The Labute approximate surface area is 282 Å². The Hall–Kier alpha value is -3.85. The van der Waals surface area contributed by atoms with Crippen LogP contribution in [0.15, 0.2) is 95.9 Å². The smallest absolute Gasteiger partial charge is 0.264 e. The van der Waals surface area contributed by atoms with Gasteiger partial charge in [0.1, 0.15) is 12.6 Å². The number of anilines is 1. The zero-order chi connectivity index (χ0) is 33.6. The quantitative estimate of drug-likeness (QED) is 0.171. The maximum atomic E-state index is 14.6. The number of hydrogen-bond acceptors (Lipinski definition) is 4. The molecule has 0 saturated heterocycles. The number of benzene rings is 4. The van der Waals surface area contributed by atoms with Crippen molar-refractivity contribution in [2.75, 3.05) is 10.8 Å². The summed E-state index contributed by atoms with van der Waals surface area (Å²) in [5, 5.41) is 3.70. The van der Waals surface area contributed by atoms with E-state index in [1.165, 1.54) is 17.0 Å². The molecule has 0 aliphatic heterocycles. The van der Waals surface area contributed by atoms with E-state index in [-0.39, 0.29) is 29.8 Å². The Morgan fingerprint density at radius 3 is 2.09 bits per heavy atom. The predicted molar refractivity (Wildman–Crippen MR) is 186 cm³/mol. The number of nitrogens with zero attached hydrogens (tertiary/aromatic N) is 2. The average molecular weight is 681 g/mol. The molecule has 0 aliphatic rings. The fourth-order valence-corrected chi connectivity index (χ4v) is 7.15. The van der Waals surface area contributed by atoms with E-state index in [9.17, 15) is 18.0 Å². The van der Waals surface area contributed by atoms with Gasteiger partial charge in [-0.1, -0.05) is 95.0 Å². The Balaban J connectivity index is 1.85. The van der Waals surface area contributed by atoms with Crippen molar-refractivity contribution in [1.82, 2.24) is 10.2 Å². The van der Waals surface area contributed by atoms with Crippen LogP contribution in [0.4, 0.5) is 5.69 Å². The number of carbonyl (C=O) groups excluding carboxylic acids is 2. The number of hydrogen-bond donors (Lipinski definition) is 1. The molecule has 46 heavy (non-hydrogen) atoms. The topological polar surface area (TPSA) is 86.8 Å². The molecule has 7 nitrogen and oxygen atoms in total. The third-order valence-corrected chi connectivity index (χ3v) is 9.93. The summed E-state index contributed by atoms with van der Waals surface area (Å²) >= 11 is 12.8. The second-order valence-corrected chi connectivity index (χ2v) is 14.4. The molecule has 0 fully saturated rings. The predicted octanol–water partition coefficient (Wildman–Crippen LogP) is 7.28. The van der Waals surface area contributed by atoms with Gasteiger partial charge < -0.3 is 10.2 Å². The first-order valence-electron chi connectivity index (χ1n) is 15.0. The highest BCUT2D eigenvalue weighted by atomic mass is 35.5. The van der Waals surface area contributed by atoms with E-state index < -0.39 is 28.5 Å². The van der Waals surface area contributed by atoms with Gasteiger partial charge in [0.05, 0.1) is 10.6 Å². The van der Waals surface area contributed by atoms with Gasteiger partial charge in [-0.25, -0.2) is 8.42 Å². The number of sulfonamides is 1. The van der Waals surface area contributed by atoms with E-state index >= 15 is 0 Å². The Bertz CT molecular complexity index is 1800. The van der Waals surface area contributed by atoms with Crippen LogP contribution in [-0.4, -0.2) is 43.8 Å². The fourth-order valence-electron chi connectivity index (χ4n) is 5.20. The number of rotatable bonds is 12. The van der Waals surface area contributed by atoms with Crippen LogP contribution < -0.4 is 9.62 Å². The van der Waals surface area contributed by atoms with Crippen LogP contribution in [0.3, 0.4) is 0 Å². The molecular formula is C36H39Cl2N3O4S. The summed E-state index contributed by atoms with van der Waals surface area (Å²) in [7, 11) is -4.20. The zero-order valence-corrected chi connectivity index (χ0v) is 29.0. The molecule has 1 atom stereocenters. The van der Waals surface area contributed by atoms with E-state index in [4.69, 9.17) is 23.2 Å². The molecule has 4 aromatic rings. The van der Waals surface area contributed by atoms with Gasteiger partial charge >= 0.3 is 0 Å². The van der Waals surface area contributed by atoms with E-state index in [2.05, 4.69) is 5.32 Å². The number of carbonyl (C=O) groups is 2. The summed E-state index contributed by atoms with van der Waals surface area (Å²) in [5.74, 6) is -0.932. The van der Waals surface area contributed by atoms with E-state index in [0.717, 1.165) is 21.0 Å². The molecule has 0 saturated carbocycles. The maximum Gasteiger partial charge on any atom is 0.264 e. The standard InChI is InChI=1S/C36H39Cl2N3O4S/c1-24(2)39-36(43)34(20-28-9-7-6-8-10-28)40(22-29-14-15-30(37)21-32(29)38)35(42)23-41(33-18-13-26(4)19-27(33)5)46(44,45)31-16-11-25(3)12-17-31/h6-19,21,24,34H,20,22-23H2,1-5H3,(H,39,43). The lowest BCUT2D eigenvalue weighted by molar-refractivity contribution is -0.140. The molecule has 0 bridgehead atoms. The molecule has 0 heterocycles. The summed E-state index contributed by atoms with van der Waals surface area (Å²) in [5.41, 5.74) is 4.31. The summed E-state index contributed by atoms with van der Waals surface area (Å²) in [6.45, 7) is 8.68. The van der Waals surface area contributed by atoms with Crippen molar-refractivity contribution in [3.05, 3.63) is 129 Å². The van der Waals surface area contributed by atoms with Crippen molar-refractivity contribution in [3.63, 3.8) is 0 Å². The van der Waals surface area contributed by atoms with Gasteiger partial charge in [0, 0.05) is 29.1 Å². The molecule has 0 radical (unpaired) electrons. The van der Waals surface area contributed by atoms with Crippen LogP contribution in [0.2, 0.25) is 10.0 Å². The van der Waals surface area contributed by atoms with Crippen LogP contribution in [0.25, 0.3) is 0 Å². The Kier molecular flexibility index (Phi) is 11.5. The lowest BCUT2D eigenvalue weighted by Crippen LogP contribution is -2.54. The Morgan fingerprint density at radius 1 is 0.826 bits per heavy atom. The first-order chi connectivity index (χ1) is 21.8. The SMILES string of the molecule is Cc1ccc(S(=O)(=O)N(CC(=O)N(Cc2ccc(Cl)cc2Cl)C(Cc2ccccc2)C(=O)NC(C)C)c2ccc(C)cc2C)cc1. The highest BCUT2D eigenvalue weighted by molar-refractivity contribution is 7.92. The van der Waals surface area contributed by atoms with Gasteiger partial charge in [-0.2, -0.15) is 0 Å². The molecule has 4 aromatic carbocycles. The van der Waals surface area contributed by atoms with Gasteiger partial charge in [0.25, 0.3) is 10.0 Å². The van der Waals surface area contributed by atoms with Crippen molar-refractivity contribution in [2.24, 2.45) is 0 Å². The lowest BCUT2D eigenvalue weighted by atomic mass is 10.0. The van der Waals surface area contributed by atoms with Gasteiger partial charge in [-0.3, -0.25) is 13.9 Å². The largest absolute Gasteiger partial charge is 0.352 e. The minimum atomic E-state index is -4.20. The fraction of sp³-hybridized carbons (Fsp3) is 0.278. The minimum Gasteiger partial charge on any atom is -0.352 e. The van der Waals surface area contributed by atoms with E-state index in [0.29, 0.717) is 26.9 Å². The molecule has 1 N–H and O–H groups in total. The molecule has 4 rings (SSSR count). The van der Waals surface area contributed by atoms with Crippen LogP contribution >= 0.6 is 23.2 Å². The van der Waals surface area contributed by atoms with E-state index in [1.807, 2.05) is 77.1 Å². The van der Waals surface area contributed by atoms with E-state index in [1.54, 1.807) is 36.4 Å². The summed E-state index contributed by atoms with van der Waals surface area (Å²) in [6, 6.07) is 25.0. The van der Waals surface area contributed by atoms with Gasteiger partial charge in [0.15, 0.2) is 0 Å². The van der Waals surface area contributed by atoms with Crippen molar-refractivity contribution >= 4 is 50.7 Å². The number of aryl methyl sites for hydroxylation is 3. The third-order valence-electron chi connectivity index (χ3n) is 7.57. The minimum absolute atomic E-state index is 0.0524. The number of halogens is 2. The Morgan fingerprint density at radius 2 is 1.48 bits per heavy atom. The lowest BCUT2D eigenvalue weighted by Gasteiger charge is -2.34. The first-order valence-corrected chi connectivity index (χ1v) is 17.2. The molecule has 2 amide bonds. The van der Waals surface area contributed by atoms with Crippen molar-refractivity contribution in [2.45, 2.75) is 64.6 Å². The van der Waals surface area contributed by atoms with Crippen LogP contribution in [0.5, 0.6) is 0 Å². The first kappa shape index (κ1) is 35.0. The van der Waals surface area contributed by atoms with Gasteiger partial charge in [-0.05, 0) is 81.6 Å². The summed E-state index contributed by atoms with van der Waals surface area (Å²) in [6.07, 6.45) is 0.199. The van der Waals surface area contributed by atoms with Gasteiger partial charge in [0.2, 0.25) is 11.8 Å². The zero-order valence-electron chi connectivity index (χ0n) is 26.6. The molecule has 0 aliphatic carbocycles. The van der Waals surface area contributed by atoms with Crippen molar-refractivity contribution < 1.29 is 18.0 Å².